The third-order valence-electron chi connectivity index (χ3n) is 5.54. The first-order valence-electron chi connectivity index (χ1n) is 12.0. The van der Waals surface area contributed by atoms with Gasteiger partial charge in [-0.25, -0.2) is 9.37 Å². The van der Waals surface area contributed by atoms with Crippen LogP contribution in [0.5, 0.6) is 0 Å². The molecule has 0 aliphatic rings. The maximum Gasteiger partial charge on any atom is 0.270 e. The maximum atomic E-state index is 13.2. The van der Waals surface area contributed by atoms with Gasteiger partial charge in [0.2, 0.25) is 0 Å². The number of nitrogens with one attached hydrogen (secondary N) is 2. The van der Waals surface area contributed by atoms with Gasteiger partial charge in [0, 0.05) is 12.1 Å². The van der Waals surface area contributed by atoms with Gasteiger partial charge in [-0.15, -0.1) is 0 Å². The summed E-state index contributed by atoms with van der Waals surface area (Å²) in [5.74, 6) is -0.00562. The molecule has 6 nitrogen and oxygen atoms in total. The lowest BCUT2D eigenvalue weighted by molar-refractivity contribution is 0.0789. The quantitative estimate of drug-likeness (QED) is 0.341. The van der Waals surface area contributed by atoms with E-state index >= 15 is 0 Å². The highest BCUT2D eigenvalue weighted by Gasteiger charge is 2.20. The fourth-order valence-corrected chi connectivity index (χ4v) is 3.75. The molecule has 0 bridgehead atoms. The van der Waals surface area contributed by atoms with Crippen LogP contribution in [0.25, 0.3) is 0 Å². The fraction of sp³-hybridized carbons (Fsp3) is 0.357. The van der Waals surface area contributed by atoms with Crippen molar-refractivity contribution in [1.82, 2.24) is 10.3 Å². The van der Waals surface area contributed by atoms with E-state index in [1.807, 2.05) is 38.1 Å². The van der Waals surface area contributed by atoms with Crippen LogP contribution in [0.3, 0.4) is 0 Å². The van der Waals surface area contributed by atoms with Crippen molar-refractivity contribution >= 4 is 11.7 Å². The molecule has 1 amide bonds. The van der Waals surface area contributed by atoms with Crippen molar-refractivity contribution < 1.29 is 13.9 Å². The SMILES string of the molecule is CCCNc1cc(COCC(C)(N)Cc2ccccc2)cc(C(=O)NC(C)c2ccc(F)cc2)n1. The molecule has 186 valence electrons. The van der Waals surface area contributed by atoms with Gasteiger partial charge in [0.15, 0.2) is 0 Å². The molecule has 0 saturated heterocycles. The van der Waals surface area contributed by atoms with Crippen LogP contribution < -0.4 is 16.4 Å². The van der Waals surface area contributed by atoms with Gasteiger partial charge < -0.3 is 21.1 Å². The Morgan fingerprint density at radius 1 is 1.11 bits per heavy atom. The number of nitrogens with two attached hydrogens (primary N) is 1. The van der Waals surface area contributed by atoms with Gasteiger partial charge in [0.05, 0.1) is 19.3 Å². The standard InChI is InChI=1S/C28H35FN4O2/c1-4-14-31-26-16-22(18-35-19-28(3,30)17-21-8-6-5-7-9-21)15-25(33-26)27(34)32-20(2)23-10-12-24(29)13-11-23/h5-13,15-16,20H,4,14,17-19,30H2,1-3H3,(H,31,33)(H,32,34). The first-order valence-corrected chi connectivity index (χ1v) is 12.0. The molecule has 0 aliphatic heterocycles. The number of anilines is 1. The highest BCUT2D eigenvalue weighted by Crippen LogP contribution is 2.17. The van der Waals surface area contributed by atoms with E-state index in [-0.39, 0.29) is 17.8 Å². The Morgan fingerprint density at radius 3 is 2.51 bits per heavy atom. The van der Waals surface area contributed by atoms with Crippen molar-refractivity contribution in [3.8, 4) is 0 Å². The molecule has 1 heterocycles. The number of benzene rings is 2. The van der Waals surface area contributed by atoms with Crippen LogP contribution in [0.4, 0.5) is 10.2 Å². The molecule has 7 heteroatoms. The predicted molar refractivity (Wildman–Crippen MR) is 138 cm³/mol. The van der Waals surface area contributed by atoms with Crippen molar-refractivity contribution in [3.05, 3.63) is 94.9 Å². The zero-order valence-electron chi connectivity index (χ0n) is 20.7. The van der Waals surface area contributed by atoms with Gasteiger partial charge >= 0.3 is 0 Å². The molecule has 0 fully saturated rings. The van der Waals surface area contributed by atoms with Gasteiger partial charge in [-0.05, 0) is 67.6 Å². The fourth-order valence-electron chi connectivity index (χ4n) is 3.75. The Labute approximate surface area is 207 Å². The van der Waals surface area contributed by atoms with Gasteiger partial charge in [-0.2, -0.15) is 0 Å². The van der Waals surface area contributed by atoms with E-state index in [1.165, 1.54) is 12.1 Å². The number of hydrogen-bond acceptors (Lipinski definition) is 5. The number of carbonyl (C=O) groups is 1. The van der Waals surface area contributed by atoms with Gasteiger partial charge in [0.1, 0.15) is 17.3 Å². The molecule has 4 N–H and O–H groups in total. The Morgan fingerprint density at radius 2 is 1.83 bits per heavy atom. The van der Waals surface area contributed by atoms with E-state index in [9.17, 15) is 9.18 Å². The average molecular weight is 479 g/mol. The van der Waals surface area contributed by atoms with Gasteiger partial charge in [-0.3, -0.25) is 4.79 Å². The monoisotopic (exact) mass is 478 g/mol. The van der Waals surface area contributed by atoms with Gasteiger partial charge in [0.25, 0.3) is 5.91 Å². The molecule has 2 unspecified atom stereocenters. The minimum Gasteiger partial charge on any atom is -0.375 e. The molecule has 2 aromatic carbocycles. The summed E-state index contributed by atoms with van der Waals surface area (Å²) < 4.78 is 19.2. The largest absolute Gasteiger partial charge is 0.375 e. The summed E-state index contributed by atoms with van der Waals surface area (Å²) in [6.07, 6.45) is 1.62. The molecule has 3 aromatic rings. The lowest BCUT2D eigenvalue weighted by Gasteiger charge is -2.24. The number of rotatable bonds is 12. The number of hydrogen-bond donors (Lipinski definition) is 3. The number of halogens is 1. The Bertz CT molecular complexity index is 1090. The summed E-state index contributed by atoms with van der Waals surface area (Å²) in [4.78, 5) is 17.5. The predicted octanol–water partition coefficient (Wildman–Crippen LogP) is 5.01. The summed E-state index contributed by atoms with van der Waals surface area (Å²) in [5.41, 5.74) is 9.03. The summed E-state index contributed by atoms with van der Waals surface area (Å²) in [6.45, 7) is 7.29. The molecular formula is C28H35FN4O2. The van der Waals surface area contributed by atoms with E-state index < -0.39 is 5.54 Å². The minimum atomic E-state index is -0.525. The molecule has 3 rings (SSSR count). The third-order valence-corrected chi connectivity index (χ3v) is 5.54. The van der Waals surface area contributed by atoms with E-state index in [4.69, 9.17) is 10.5 Å². The second kappa shape index (κ2) is 12.4. The van der Waals surface area contributed by atoms with Crippen molar-refractivity contribution in [3.63, 3.8) is 0 Å². The summed E-state index contributed by atoms with van der Waals surface area (Å²) in [6, 6.07) is 19.5. The Balaban J connectivity index is 1.66. The van der Waals surface area contributed by atoms with E-state index in [2.05, 4.69) is 34.7 Å². The van der Waals surface area contributed by atoms with Crippen LogP contribution in [0.15, 0.2) is 66.7 Å². The Hall–Kier alpha value is -3.29. The van der Waals surface area contributed by atoms with Crippen molar-refractivity contribution in [2.75, 3.05) is 18.5 Å². The van der Waals surface area contributed by atoms with Crippen molar-refractivity contribution in [2.24, 2.45) is 5.73 Å². The first kappa shape index (κ1) is 26.3. The number of amides is 1. The highest BCUT2D eigenvalue weighted by molar-refractivity contribution is 5.93. The lowest BCUT2D eigenvalue weighted by Crippen LogP contribution is -2.43. The minimum absolute atomic E-state index is 0.290. The number of nitrogens with zero attached hydrogens (tertiary/aromatic N) is 1. The summed E-state index contributed by atoms with van der Waals surface area (Å²) in [5, 5.41) is 6.19. The van der Waals surface area contributed by atoms with Gasteiger partial charge in [-0.1, -0.05) is 49.4 Å². The molecule has 2 atom stereocenters. The van der Waals surface area contributed by atoms with Crippen LogP contribution in [0.2, 0.25) is 0 Å². The molecule has 0 radical (unpaired) electrons. The summed E-state index contributed by atoms with van der Waals surface area (Å²) in [7, 11) is 0. The normalized spacial score (nSPS) is 13.6. The maximum absolute atomic E-state index is 13.2. The van der Waals surface area contributed by atoms with Crippen LogP contribution >= 0.6 is 0 Å². The number of pyridine rings is 1. The first-order chi connectivity index (χ1) is 16.8. The lowest BCUT2D eigenvalue weighted by atomic mass is 9.95. The topological polar surface area (TPSA) is 89.3 Å². The summed E-state index contributed by atoms with van der Waals surface area (Å²) >= 11 is 0. The van der Waals surface area contributed by atoms with E-state index in [1.54, 1.807) is 18.2 Å². The molecule has 35 heavy (non-hydrogen) atoms. The smallest absolute Gasteiger partial charge is 0.270 e. The zero-order valence-corrected chi connectivity index (χ0v) is 20.7. The number of aromatic nitrogens is 1. The average Bonchev–Trinajstić information content (AvgIpc) is 2.83. The molecule has 1 aromatic heterocycles. The zero-order chi connectivity index (χ0) is 25.3. The third kappa shape index (κ3) is 8.46. The molecule has 0 aliphatic carbocycles. The highest BCUT2D eigenvalue weighted by atomic mass is 19.1. The Kier molecular flexibility index (Phi) is 9.34. The number of ether oxygens (including phenoxy) is 1. The molecule has 0 spiro atoms. The van der Waals surface area contributed by atoms with Crippen LogP contribution in [0.1, 0.15) is 60.4 Å². The van der Waals surface area contributed by atoms with Crippen LogP contribution in [-0.2, 0) is 17.8 Å². The van der Waals surface area contributed by atoms with E-state index in [0.29, 0.717) is 31.1 Å². The molecular weight excluding hydrogens is 443 g/mol. The second-order valence-electron chi connectivity index (χ2n) is 9.23. The number of carbonyl (C=O) groups excluding carboxylic acids is 1. The van der Waals surface area contributed by atoms with Crippen LogP contribution in [0, 0.1) is 5.82 Å². The second-order valence-corrected chi connectivity index (χ2v) is 9.23. The van der Waals surface area contributed by atoms with Crippen LogP contribution in [-0.4, -0.2) is 29.6 Å². The van der Waals surface area contributed by atoms with E-state index in [0.717, 1.165) is 29.7 Å². The van der Waals surface area contributed by atoms with Crippen molar-refractivity contribution in [2.45, 2.75) is 51.8 Å². The molecule has 0 saturated carbocycles. The van der Waals surface area contributed by atoms with Crippen molar-refractivity contribution in [1.29, 1.82) is 0 Å².